The third-order valence-electron chi connectivity index (χ3n) is 4.44. The maximum absolute atomic E-state index is 2.24. The van der Waals surface area contributed by atoms with Crippen molar-refractivity contribution in [2.24, 2.45) is 0 Å². The first-order chi connectivity index (χ1) is 14.9. The zero-order valence-electron chi connectivity index (χ0n) is 16.5. The van der Waals surface area contributed by atoms with Crippen molar-refractivity contribution in [2.75, 3.05) is 0 Å². The smallest absolute Gasteiger partial charge is 0.0195 e. The Bertz CT molecular complexity index is 1010. The molecule has 30 heavy (non-hydrogen) atoms. The van der Waals surface area contributed by atoms with E-state index in [4.69, 9.17) is 0 Å². The number of hydrogen-bond donors (Lipinski definition) is 0. The minimum Gasteiger partial charge on any atom is -0.0895 e. The summed E-state index contributed by atoms with van der Waals surface area (Å²) in [5.74, 6) is 0. The van der Waals surface area contributed by atoms with Gasteiger partial charge in [0.05, 0.1) is 0 Å². The minimum absolute atomic E-state index is 1.22. The molecule has 4 aromatic carbocycles. The molecule has 0 saturated heterocycles. The summed E-state index contributed by atoms with van der Waals surface area (Å²) in [5, 5.41) is 0. The first-order valence-corrected chi connectivity index (χ1v) is 11.5. The van der Waals surface area contributed by atoms with Crippen molar-refractivity contribution in [1.29, 1.82) is 0 Å². The molecule has 0 atom stereocenters. The molecule has 0 saturated carbocycles. The summed E-state index contributed by atoms with van der Waals surface area (Å²) < 4.78 is 0. The molecule has 0 aromatic heterocycles. The molecule has 0 heterocycles. The van der Waals surface area contributed by atoms with Crippen LogP contribution in [-0.4, -0.2) is 0 Å². The molecule has 0 aliphatic carbocycles. The monoisotopic (exact) mass is 422 g/mol. The second-order valence-corrected chi connectivity index (χ2v) is 8.85. The molecule has 2 heteroatoms. The van der Waals surface area contributed by atoms with Gasteiger partial charge in [-0.3, -0.25) is 0 Å². The van der Waals surface area contributed by atoms with Gasteiger partial charge in [0.1, 0.15) is 0 Å². The summed E-state index contributed by atoms with van der Waals surface area (Å²) in [4.78, 5) is 4.92. The molecule has 0 N–H and O–H groups in total. The lowest BCUT2D eigenvalue weighted by molar-refractivity contribution is 1.47. The van der Waals surface area contributed by atoms with Gasteiger partial charge in [-0.1, -0.05) is 121 Å². The Hall–Kier alpha value is -2.94. The molecule has 0 radical (unpaired) electrons. The largest absolute Gasteiger partial charge is 0.0895 e. The number of benzene rings is 4. The van der Waals surface area contributed by atoms with Crippen molar-refractivity contribution < 1.29 is 0 Å². The summed E-state index contributed by atoms with van der Waals surface area (Å²) >= 11 is 3.59. The van der Waals surface area contributed by atoms with Gasteiger partial charge in [-0.2, -0.15) is 0 Å². The topological polar surface area (TPSA) is 0 Å². The predicted molar refractivity (Wildman–Crippen MR) is 133 cm³/mol. The van der Waals surface area contributed by atoms with Gasteiger partial charge in [0.15, 0.2) is 0 Å². The molecule has 146 valence electrons. The molecule has 4 rings (SSSR count). The van der Waals surface area contributed by atoms with Crippen molar-refractivity contribution in [3.8, 4) is 0 Å². The number of hydrogen-bond acceptors (Lipinski definition) is 2. The Balaban J connectivity index is 1.72. The van der Waals surface area contributed by atoms with Gasteiger partial charge in [-0.25, -0.2) is 0 Å². The highest BCUT2D eigenvalue weighted by atomic mass is 32.2. The average molecular weight is 423 g/mol. The molecule has 0 unspecified atom stereocenters. The van der Waals surface area contributed by atoms with Crippen LogP contribution in [0.25, 0.3) is 9.81 Å². The SMILES string of the molecule is C(/C=C(\Sc1ccccc1)c1ccccc1)=C(/Sc1ccccc1)c1ccccc1. The fraction of sp³-hybridized carbons (Fsp3) is 0. The Morgan fingerprint density at radius 2 is 0.700 bits per heavy atom. The Kier molecular flexibility index (Phi) is 7.27. The van der Waals surface area contributed by atoms with E-state index in [1.54, 1.807) is 23.5 Å². The van der Waals surface area contributed by atoms with Crippen molar-refractivity contribution >= 4 is 33.3 Å². The van der Waals surface area contributed by atoms with Crippen LogP contribution >= 0.6 is 23.5 Å². The van der Waals surface area contributed by atoms with E-state index < -0.39 is 0 Å². The predicted octanol–water partition coefficient (Wildman–Crippen LogP) is 8.65. The van der Waals surface area contributed by atoms with Gasteiger partial charge in [0, 0.05) is 19.6 Å². The first-order valence-electron chi connectivity index (χ1n) is 9.87. The van der Waals surface area contributed by atoms with Crippen LogP contribution in [0.2, 0.25) is 0 Å². The second kappa shape index (κ2) is 10.7. The first kappa shape index (κ1) is 20.3. The van der Waals surface area contributed by atoms with E-state index >= 15 is 0 Å². The molecule has 4 aromatic rings. The highest BCUT2D eigenvalue weighted by molar-refractivity contribution is 8.08. The van der Waals surface area contributed by atoms with Crippen LogP contribution in [0.3, 0.4) is 0 Å². The zero-order chi connectivity index (χ0) is 20.4. The maximum atomic E-state index is 2.24. The number of thioether (sulfide) groups is 2. The average Bonchev–Trinajstić information content (AvgIpc) is 2.83. The van der Waals surface area contributed by atoms with Crippen LogP contribution in [0.5, 0.6) is 0 Å². The fourth-order valence-electron chi connectivity index (χ4n) is 2.97. The van der Waals surface area contributed by atoms with Crippen molar-refractivity contribution in [3.05, 3.63) is 145 Å². The van der Waals surface area contributed by atoms with Gasteiger partial charge < -0.3 is 0 Å². The molecule has 0 amide bonds. The van der Waals surface area contributed by atoms with Crippen LogP contribution in [0.1, 0.15) is 11.1 Å². The van der Waals surface area contributed by atoms with Crippen molar-refractivity contribution in [2.45, 2.75) is 9.79 Å². The van der Waals surface area contributed by atoms with Crippen molar-refractivity contribution in [3.63, 3.8) is 0 Å². The van der Waals surface area contributed by atoms with Gasteiger partial charge in [0.25, 0.3) is 0 Å². The van der Waals surface area contributed by atoms with E-state index in [2.05, 4.69) is 133 Å². The maximum Gasteiger partial charge on any atom is 0.0195 e. The molecule has 0 bridgehead atoms. The molecule has 0 nitrogen and oxygen atoms in total. The summed E-state index contributed by atoms with van der Waals surface area (Å²) in [6.45, 7) is 0. The van der Waals surface area contributed by atoms with Gasteiger partial charge in [-0.05, 0) is 47.5 Å². The third-order valence-corrected chi connectivity index (χ3v) is 6.64. The molecule has 0 fully saturated rings. The second-order valence-electron chi connectivity index (χ2n) is 6.62. The normalized spacial score (nSPS) is 12.0. The lowest BCUT2D eigenvalue weighted by Gasteiger charge is -2.09. The van der Waals surface area contributed by atoms with E-state index in [0.717, 1.165) is 0 Å². The van der Waals surface area contributed by atoms with Gasteiger partial charge >= 0.3 is 0 Å². The molecular formula is C28H22S2. The molecular weight excluding hydrogens is 400 g/mol. The van der Waals surface area contributed by atoms with Gasteiger partial charge in [-0.15, -0.1) is 0 Å². The standard InChI is InChI=1S/C28H22S2/c1-5-13-23(14-6-1)27(29-25-17-9-3-10-18-25)21-22-28(24-15-7-2-8-16-24)30-26-19-11-4-12-20-26/h1-22H/b27-21-,28-22-. The summed E-state index contributed by atoms with van der Waals surface area (Å²) in [5.41, 5.74) is 2.44. The van der Waals surface area contributed by atoms with E-state index in [-0.39, 0.29) is 0 Å². The number of rotatable bonds is 7. The Morgan fingerprint density at radius 3 is 1.03 bits per heavy atom. The number of allylic oxidation sites excluding steroid dienone is 2. The van der Waals surface area contributed by atoms with E-state index in [1.165, 1.54) is 30.7 Å². The van der Waals surface area contributed by atoms with E-state index in [1.807, 2.05) is 0 Å². The fourth-order valence-corrected chi connectivity index (χ4v) is 4.84. The van der Waals surface area contributed by atoms with E-state index in [9.17, 15) is 0 Å². The summed E-state index contributed by atoms with van der Waals surface area (Å²) in [6.07, 6.45) is 4.48. The Labute approximate surface area is 187 Å². The molecule has 0 aliphatic heterocycles. The Morgan fingerprint density at radius 1 is 0.400 bits per heavy atom. The minimum atomic E-state index is 1.22. The van der Waals surface area contributed by atoms with Crippen LogP contribution in [-0.2, 0) is 0 Å². The molecule has 0 aliphatic rings. The molecule has 0 spiro atoms. The summed E-state index contributed by atoms with van der Waals surface area (Å²) in [6, 6.07) is 42.2. The summed E-state index contributed by atoms with van der Waals surface area (Å²) in [7, 11) is 0. The zero-order valence-corrected chi connectivity index (χ0v) is 18.2. The highest BCUT2D eigenvalue weighted by Gasteiger charge is 2.06. The third kappa shape index (κ3) is 5.79. The quantitative estimate of drug-likeness (QED) is 0.216. The van der Waals surface area contributed by atoms with Crippen LogP contribution in [0.4, 0.5) is 0 Å². The van der Waals surface area contributed by atoms with Gasteiger partial charge in [0.2, 0.25) is 0 Å². The van der Waals surface area contributed by atoms with Crippen LogP contribution in [0, 0.1) is 0 Å². The van der Waals surface area contributed by atoms with Crippen LogP contribution < -0.4 is 0 Å². The lowest BCUT2D eigenvalue weighted by atomic mass is 10.2. The highest BCUT2D eigenvalue weighted by Crippen LogP contribution is 2.37. The van der Waals surface area contributed by atoms with Crippen molar-refractivity contribution in [1.82, 2.24) is 0 Å². The van der Waals surface area contributed by atoms with Crippen LogP contribution in [0.15, 0.2) is 143 Å². The van der Waals surface area contributed by atoms with E-state index in [0.29, 0.717) is 0 Å². The lowest BCUT2D eigenvalue weighted by Crippen LogP contribution is -1.82.